The third kappa shape index (κ3) is 4.32. The maximum absolute atomic E-state index is 13.7. The minimum atomic E-state index is -2.51. The Morgan fingerprint density at radius 1 is 0.912 bits per heavy atom. The SMILES string of the molecule is COC(=O)C1(C(=O)OC)C[C@@H](c2ccc(Cl)cc2)C[C@@]1(O[Si](C)(C)C(C)(C)C)c1ccccc1. The molecule has 1 aliphatic rings. The fraction of sp³-hybridized carbons (Fsp3) is 0.481. The number of halogens is 1. The molecule has 1 fully saturated rings. The Balaban J connectivity index is 2.35. The number of hydrogen-bond acceptors (Lipinski definition) is 5. The van der Waals surface area contributed by atoms with E-state index in [1.165, 1.54) is 14.2 Å². The van der Waals surface area contributed by atoms with Crippen molar-refractivity contribution in [3.05, 3.63) is 70.7 Å². The highest BCUT2D eigenvalue weighted by Gasteiger charge is 2.71. The van der Waals surface area contributed by atoms with Gasteiger partial charge in [-0.1, -0.05) is 74.8 Å². The van der Waals surface area contributed by atoms with Crippen molar-refractivity contribution in [1.29, 1.82) is 0 Å². The number of rotatable bonds is 6. The van der Waals surface area contributed by atoms with Crippen LogP contribution in [0.4, 0.5) is 0 Å². The van der Waals surface area contributed by atoms with Crippen molar-refractivity contribution in [1.82, 2.24) is 0 Å². The van der Waals surface area contributed by atoms with Crippen molar-refractivity contribution >= 4 is 31.9 Å². The molecule has 0 heterocycles. The smallest absolute Gasteiger partial charge is 0.326 e. The van der Waals surface area contributed by atoms with E-state index in [2.05, 4.69) is 33.9 Å². The predicted octanol–water partition coefficient (Wildman–Crippen LogP) is 6.47. The van der Waals surface area contributed by atoms with Crippen molar-refractivity contribution in [2.75, 3.05) is 14.2 Å². The summed E-state index contributed by atoms with van der Waals surface area (Å²) < 4.78 is 17.8. The van der Waals surface area contributed by atoms with Crippen LogP contribution in [-0.2, 0) is 29.1 Å². The van der Waals surface area contributed by atoms with Gasteiger partial charge in [-0.05, 0) is 60.2 Å². The highest BCUT2D eigenvalue weighted by molar-refractivity contribution is 6.74. The van der Waals surface area contributed by atoms with Gasteiger partial charge in [0.15, 0.2) is 13.7 Å². The average molecular weight is 503 g/mol. The van der Waals surface area contributed by atoms with Crippen molar-refractivity contribution in [2.24, 2.45) is 5.41 Å². The van der Waals surface area contributed by atoms with Crippen molar-refractivity contribution in [3.8, 4) is 0 Å². The second kappa shape index (κ2) is 9.48. The van der Waals surface area contributed by atoms with Gasteiger partial charge < -0.3 is 13.9 Å². The minimum absolute atomic E-state index is 0.152. The zero-order chi connectivity index (χ0) is 25.4. The number of hydrogen-bond donors (Lipinski definition) is 0. The van der Waals surface area contributed by atoms with Crippen LogP contribution in [0.25, 0.3) is 0 Å². The third-order valence-electron chi connectivity index (χ3n) is 7.66. The lowest BCUT2D eigenvalue weighted by molar-refractivity contribution is -0.186. The highest BCUT2D eigenvalue weighted by Crippen LogP contribution is 2.63. The summed E-state index contributed by atoms with van der Waals surface area (Å²) in [5, 5.41) is 0.464. The van der Waals surface area contributed by atoms with Crippen LogP contribution >= 0.6 is 11.6 Å². The molecule has 0 spiro atoms. The molecule has 0 radical (unpaired) electrons. The van der Waals surface area contributed by atoms with E-state index in [4.69, 9.17) is 25.5 Å². The first-order valence-electron chi connectivity index (χ1n) is 11.5. The molecular weight excluding hydrogens is 468 g/mol. The number of carbonyl (C=O) groups is 2. The number of carbonyl (C=O) groups excluding carboxylic acids is 2. The molecule has 0 unspecified atom stereocenters. The van der Waals surface area contributed by atoms with Crippen LogP contribution in [-0.4, -0.2) is 34.5 Å². The molecular formula is C27H35ClO5Si. The Morgan fingerprint density at radius 3 is 1.91 bits per heavy atom. The number of methoxy groups -OCH3 is 2. The maximum atomic E-state index is 13.7. The van der Waals surface area contributed by atoms with Crippen LogP contribution in [0.3, 0.4) is 0 Å². The molecule has 0 aromatic heterocycles. The number of ether oxygens (including phenoxy) is 2. The monoisotopic (exact) mass is 502 g/mol. The molecule has 5 nitrogen and oxygen atoms in total. The molecule has 0 saturated heterocycles. The Morgan fingerprint density at radius 2 is 1.44 bits per heavy atom. The van der Waals surface area contributed by atoms with Crippen LogP contribution in [0.15, 0.2) is 54.6 Å². The van der Waals surface area contributed by atoms with Gasteiger partial charge in [-0.3, -0.25) is 9.59 Å². The van der Waals surface area contributed by atoms with Crippen LogP contribution in [0.1, 0.15) is 50.7 Å². The summed E-state index contributed by atoms with van der Waals surface area (Å²) in [6, 6.07) is 17.1. The second-order valence-corrected chi connectivity index (χ2v) is 15.8. The Kier molecular flexibility index (Phi) is 7.37. The summed E-state index contributed by atoms with van der Waals surface area (Å²) >= 11 is 6.14. The van der Waals surface area contributed by atoms with E-state index in [9.17, 15) is 9.59 Å². The summed E-state index contributed by atoms with van der Waals surface area (Å²) in [6.07, 6.45) is 0.632. The normalized spacial score (nSPS) is 22.3. The molecule has 2 atom stereocenters. The summed E-state index contributed by atoms with van der Waals surface area (Å²) in [5.41, 5.74) is -1.18. The van der Waals surface area contributed by atoms with Crippen molar-refractivity contribution in [2.45, 2.75) is 63.3 Å². The van der Waals surface area contributed by atoms with E-state index in [0.29, 0.717) is 11.4 Å². The molecule has 0 amide bonds. The van der Waals surface area contributed by atoms with Gasteiger partial charge in [0.2, 0.25) is 0 Å². The largest absolute Gasteiger partial charge is 0.468 e. The van der Waals surface area contributed by atoms with E-state index in [-0.39, 0.29) is 17.4 Å². The molecule has 34 heavy (non-hydrogen) atoms. The molecule has 0 bridgehead atoms. The van der Waals surface area contributed by atoms with Gasteiger partial charge in [0.1, 0.15) is 5.60 Å². The van der Waals surface area contributed by atoms with Gasteiger partial charge in [-0.15, -0.1) is 0 Å². The first-order valence-corrected chi connectivity index (χ1v) is 14.8. The average Bonchev–Trinajstić information content (AvgIpc) is 3.14. The Bertz CT molecular complexity index is 1010. The Hall–Kier alpha value is -2.15. The molecule has 0 aliphatic heterocycles. The quantitative estimate of drug-likeness (QED) is 0.257. The molecule has 7 heteroatoms. The van der Waals surface area contributed by atoms with Gasteiger partial charge in [-0.2, -0.15) is 0 Å². The predicted molar refractivity (Wildman–Crippen MR) is 136 cm³/mol. The molecule has 2 aromatic carbocycles. The highest BCUT2D eigenvalue weighted by atomic mass is 35.5. The lowest BCUT2D eigenvalue weighted by Gasteiger charge is -2.49. The van der Waals surface area contributed by atoms with Crippen molar-refractivity contribution in [3.63, 3.8) is 0 Å². The molecule has 3 rings (SSSR count). The zero-order valence-corrected chi connectivity index (χ0v) is 22.9. The fourth-order valence-corrected chi connectivity index (χ4v) is 6.55. The lowest BCUT2D eigenvalue weighted by Crippen LogP contribution is -2.60. The van der Waals surface area contributed by atoms with Gasteiger partial charge in [-0.25, -0.2) is 0 Å². The Labute approximate surface area is 208 Å². The molecule has 1 saturated carbocycles. The van der Waals surface area contributed by atoms with E-state index in [0.717, 1.165) is 11.1 Å². The maximum Gasteiger partial charge on any atom is 0.326 e. The summed E-state index contributed by atoms with van der Waals surface area (Å²) in [4.78, 5) is 27.4. The standard InChI is InChI=1S/C27H35ClO5Si/c1-25(2,3)34(6,7)33-27(21-11-9-8-10-12-21)18-20(19-13-15-22(28)16-14-19)17-26(27,23(29)31-4)24(30)32-5/h8-16,20H,17-18H2,1-7H3/t20-,27-/m1/s1. The van der Waals surface area contributed by atoms with Crippen molar-refractivity contribution < 1.29 is 23.5 Å². The summed E-state index contributed by atoms with van der Waals surface area (Å²) in [5.74, 6) is -1.43. The molecule has 2 aromatic rings. The van der Waals surface area contributed by atoms with E-state index in [1.54, 1.807) is 0 Å². The van der Waals surface area contributed by atoms with E-state index < -0.39 is 31.3 Å². The van der Waals surface area contributed by atoms with Crippen LogP contribution < -0.4 is 0 Å². The molecule has 1 aliphatic carbocycles. The number of esters is 2. The summed E-state index contributed by atoms with van der Waals surface area (Å²) in [6.45, 7) is 10.7. The molecule has 184 valence electrons. The van der Waals surface area contributed by atoms with E-state index in [1.807, 2.05) is 54.6 Å². The second-order valence-electron chi connectivity index (χ2n) is 10.6. The van der Waals surface area contributed by atoms with Gasteiger partial charge >= 0.3 is 11.9 Å². The van der Waals surface area contributed by atoms with Gasteiger partial charge in [0, 0.05) is 5.02 Å². The fourth-order valence-electron chi connectivity index (χ4n) is 4.87. The summed E-state index contributed by atoms with van der Waals surface area (Å²) in [7, 11) is 0.113. The van der Waals surface area contributed by atoms with Gasteiger partial charge in [0.05, 0.1) is 14.2 Å². The van der Waals surface area contributed by atoms with E-state index >= 15 is 0 Å². The van der Waals surface area contributed by atoms with Gasteiger partial charge in [0.25, 0.3) is 0 Å². The zero-order valence-electron chi connectivity index (χ0n) is 21.1. The molecule has 0 N–H and O–H groups in total. The third-order valence-corrected chi connectivity index (χ3v) is 12.4. The minimum Gasteiger partial charge on any atom is -0.468 e. The van der Waals surface area contributed by atoms with Crippen LogP contribution in [0.2, 0.25) is 23.2 Å². The van der Waals surface area contributed by atoms with Crippen LogP contribution in [0.5, 0.6) is 0 Å². The first kappa shape index (κ1) is 26.5. The van der Waals surface area contributed by atoms with Crippen LogP contribution in [0, 0.1) is 5.41 Å². The number of benzene rings is 2. The lowest BCUT2D eigenvalue weighted by atomic mass is 9.70. The first-order chi connectivity index (χ1) is 15.8. The topological polar surface area (TPSA) is 61.8 Å².